The van der Waals surface area contributed by atoms with E-state index < -0.39 is 21.2 Å². The van der Waals surface area contributed by atoms with E-state index >= 15 is 0 Å². The standard InChI is InChI=1S/C18H18O.2Na.2O3S/c1-3-7-15(8-4-1)16-11-13-18(14-12-16)19-17-9-5-2-6-10-17;;;2*1-4(2)3/h1,3-8,11-14,17H,2,9-10H2;;;;/q-2;2*+1;;. The molecule has 0 N–H and O–H groups in total. The molecular weight excluding hydrogens is 438 g/mol. The van der Waals surface area contributed by atoms with Gasteiger partial charge in [0.25, 0.3) is 0 Å². The van der Waals surface area contributed by atoms with Crippen LogP contribution in [0.25, 0.3) is 11.1 Å². The maximum atomic E-state index is 8.44. The predicted molar refractivity (Wildman–Crippen MR) is 98.1 cm³/mol. The van der Waals surface area contributed by atoms with E-state index in [0.717, 1.165) is 25.0 Å². The van der Waals surface area contributed by atoms with Gasteiger partial charge in [-0.15, -0.1) is 38.1 Å². The second-order valence-corrected chi connectivity index (χ2v) is 6.14. The molecule has 29 heavy (non-hydrogen) atoms. The van der Waals surface area contributed by atoms with Crippen molar-refractivity contribution in [3.8, 4) is 16.9 Å². The molecule has 3 rings (SSSR count). The van der Waals surface area contributed by atoms with Crippen LogP contribution in [0.15, 0.2) is 54.6 Å². The Morgan fingerprint density at radius 2 is 1.10 bits per heavy atom. The van der Waals surface area contributed by atoms with Crippen LogP contribution in [0.2, 0.25) is 0 Å². The van der Waals surface area contributed by atoms with Gasteiger partial charge in [-0.05, 0) is 23.3 Å². The zero-order valence-electron chi connectivity index (χ0n) is 16.2. The van der Waals surface area contributed by atoms with Crippen molar-refractivity contribution in [2.24, 2.45) is 0 Å². The monoisotopic (exact) mass is 456 g/mol. The number of ether oxygens (including phenoxy) is 1. The van der Waals surface area contributed by atoms with Gasteiger partial charge in [-0.25, -0.2) is 0 Å². The SMILES string of the molecule is O=S(=O)=O.O=S(=O)=O.[Na+].[Na+].c1ccc(-c2ccc(OC3C[CH-]C[CH-]C3)cc2)cc1. The molecule has 0 aliphatic heterocycles. The summed E-state index contributed by atoms with van der Waals surface area (Å²) in [5.41, 5.74) is 2.48. The Labute approximate surface area is 218 Å². The second-order valence-electron chi connectivity index (χ2n) is 5.32. The van der Waals surface area contributed by atoms with E-state index in [2.05, 4.69) is 61.4 Å². The van der Waals surface area contributed by atoms with E-state index in [1.54, 1.807) is 0 Å². The summed E-state index contributed by atoms with van der Waals surface area (Å²) < 4.78 is 56.7. The van der Waals surface area contributed by atoms with Crippen LogP contribution >= 0.6 is 0 Å². The fourth-order valence-electron chi connectivity index (χ4n) is 2.42. The fraction of sp³-hybridized carbons (Fsp3) is 0.222. The second kappa shape index (κ2) is 18.3. The summed E-state index contributed by atoms with van der Waals surface area (Å²) in [5, 5.41) is 0. The molecule has 1 saturated carbocycles. The van der Waals surface area contributed by atoms with Crippen molar-refractivity contribution in [1.82, 2.24) is 0 Å². The van der Waals surface area contributed by atoms with Gasteiger partial charge in [-0.1, -0.05) is 42.5 Å². The van der Waals surface area contributed by atoms with Gasteiger partial charge >= 0.3 is 80.3 Å². The van der Waals surface area contributed by atoms with Crippen molar-refractivity contribution in [3.05, 3.63) is 67.4 Å². The Balaban J connectivity index is 0. The van der Waals surface area contributed by atoms with Gasteiger partial charge in [0.2, 0.25) is 0 Å². The summed E-state index contributed by atoms with van der Waals surface area (Å²) in [6, 6.07) is 18.8. The van der Waals surface area contributed by atoms with E-state index in [-0.39, 0.29) is 59.1 Å². The molecule has 0 radical (unpaired) electrons. The van der Waals surface area contributed by atoms with Crippen molar-refractivity contribution in [2.75, 3.05) is 0 Å². The molecule has 1 aliphatic rings. The normalized spacial score (nSPS) is 12.3. The first kappa shape index (κ1) is 30.7. The third-order valence-corrected chi connectivity index (χ3v) is 3.46. The summed E-state index contributed by atoms with van der Waals surface area (Å²) in [5.74, 6) is 0.966. The zero-order valence-corrected chi connectivity index (χ0v) is 21.9. The smallest absolute Gasteiger partial charge is 0.496 e. The molecule has 146 valence electrons. The molecule has 11 heteroatoms. The Hall–Kier alpha value is -0.520. The Morgan fingerprint density at radius 3 is 1.55 bits per heavy atom. The first-order valence-corrected chi connectivity index (χ1v) is 9.87. The van der Waals surface area contributed by atoms with Gasteiger partial charge in [0, 0.05) is 6.10 Å². The van der Waals surface area contributed by atoms with Crippen LogP contribution in [0, 0.1) is 12.8 Å². The van der Waals surface area contributed by atoms with Gasteiger partial charge in [0.05, 0.1) is 0 Å². The number of benzene rings is 2. The van der Waals surface area contributed by atoms with E-state index in [0.29, 0.717) is 6.10 Å². The maximum absolute atomic E-state index is 8.44. The third-order valence-electron chi connectivity index (χ3n) is 3.46. The quantitative estimate of drug-likeness (QED) is 0.351. The summed E-state index contributed by atoms with van der Waals surface area (Å²) >= 11 is 0. The van der Waals surface area contributed by atoms with Crippen molar-refractivity contribution in [3.63, 3.8) is 0 Å². The molecule has 1 aliphatic carbocycles. The van der Waals surface area contributed by atoms with Crippen LogP contribution in [0.5, 0.6) is 5.75 Å². The van der Waals surface area contributed by atoms with Gasteiger partial charge in [0.1, 0.15) is 5.75 Å². The number of hydrogen-bond donors (Lipinski definition) is 0. The summed E-state index contributed by atoms with van der Waals surface area (Å²) in [6.45, 7) is 0. The van der Waals surface area contributed by atoms with Crippen molar-refractivity contribution < 1.29 is 89.1 Å². The average molecular weight is 456 g/mol. The molecule has 0 aromatic heterocycles. The fourth-order valence-corrected chi connectivity index (χ4v) is 2.42. The van der Waals surface area contributed by atoms with Crippen LogP contribution in [0.4, 0.5) is 0 Å². The molecule has 2 aromatic carbocycles. The van der Waals surface area contributed by atoms with Crippen molar-refractivity contribution in [2.45, 2.75) is 25.4 Å². The minimum Gasteiger partial charge on any atom is -0.496 e. The molecule has 0 amide bonds. The topological polar surface area (TPSA) is 112 Å². The van der Waals surface area contributed by atoms with Crippen LogP contribution < -0.4 is 63.9 Å². The van der Waals surface area contributed by atoms with E-state index in [9.17, 15) is 0 Å². The molecule has 1 fully saturated rings. The molecule has 0 unspecified atom stereocenters. The van der Waals surface area contributed by atoms with Crippen molar-refractivity contribution in [1.29, 1.82) is 0 Å². The molecular formula is C18H18Na2O7S2. The number of hydrogen-bond acceptors (Lipinski definition) is 7. The van der Waals surface area contributed by atoms with E-state index in [1.807, 2.05) is 6.07 Å². The average Bonchev–Trinajstić information content (AvgIpc) is 2.63. The van der Waals surface area contributed by atoms with E-state index in [4.69, 9.17) is 30.0 Å². The van der Waals surface area contributed by atoms with E-state index in [1.165, 1.54) is 11.1 Å². The van der Waals surface area contributed by atoms with Gasteiger partial charge in [0.15, 0.2) is 0 Å². The largest absolute Gasteiger partial charge is 1.00 e. The Bertz CT molecular complexity index is 852. The number of rotatable bonds is 3. The van der Waals surface area contributed by atoms with Crippen LogP contribution in [-0.4, -0.2) is 31.4 Å². The third kappa shape index (κ3) is 15.9. The minimum atomic E-state index is -3.11. The summed E-state index contributed by atoms with van der Waals surface area (Å²) in [6.07, 6.45) is 8.11. The molecule has 0 atom stereocenters. The summed E-state index contributed by atoms with van der Waals surface area (Å²) in [7, 11) is -6.22. The molecule has 0 saturated heterocycles. The van der Waals surface area contributed by atoms with Crippen molar-refractivity contribution >= 4 is 21.2 Å². The Kier molecular flexibility index (Phi) is 19.3. The first-order chi connectivity index (χ1) is 12.9. The van der Waals surface area contributed by atoms with Gasteiger partial charge < -0.3 is 24.0 Å². The predicted octanol–water partition coefficient (Wildman–Crippen LogP) is -3.31. The Morgan fingerprint density at radius 1 is 0.690 bits per heavy atom. The van der Waals surface area contributed by atoms with Gasteiger partial charge in [-0.3, -0.25) is 0 Å². The first-order valence-electron chi connectivity index (χ1n) is 7.87. The molecule has 0 bridgehead atoms. The zero-order chi connectivity index (χ0) is 20.1. The van der Waals surface area contributed by atoms with Crippen LogP contribution in [0.1, 0.15) is 19.3 Å². The molecule has 0 spiro atoms. The maximum Gasteiger partial charge on any atom is 1.00 e. The van der Waals surface area contributed by atoms with Crippen LogP contribution in [-0.2, 0) is 21.2 Å². The molecule has 0 heterocycles. The summed E-state index contributed by atoms with van der Waals surface area (Å²) in [4.78, 5) is 0. The molecule has 7 nitrogen and oxygen atoms in total. The van der Waals surface area contributed by atoms with Gasteiger partial charge in [-0.2, -0.15) is 0 Å². The van der Waals surface area contributed by atoms with Crippen LogP contribution in [0.3, 0.4) is 0 Å². The minimum absolute atomic E-state index is 0. The molecule has 2 aromatic rings.